The Morgan fingerprint density at radius 2 is 1.86 bits per heavy atom. The first-order chi connectivity index (χ1) is 17.1. The van der Waals surface area contributed by atoms with E-state index in [9.17, 15) is 4.79 Å². The van der Waals surface area contributed by atoms with Crippen LogP contribution in [0.1, 0.15) is 16.8 Å². The van der Waals surface area contributed by atoms with Gasteiger partial charge in [0, 0.05) is 23.6 Å². The molecule has 35 heavy (non-hydrogen) atoms. The Balaban J connectivity index is 1.56. The fourth-order valence-corrected chi connectivity index (χ4v) is 4.58. The molecule has 0 fully saturated rings. The highest BCUT2D eigenvalue weighted by Gasteiger charge is 2.19. The molecule has 0 saturated carbocycles. The van der Waals surface area contributed by atoms with Gasteiger partial charge < -0.3 is 4.74 Å². The number of nitrogens with zero attached hydrogens (tertiary/aromatic N) is 6. The SMILES string of the molecule is COc1ccccc1-n1c(SCc2cc(=O)n3cc(C)ccc3n2)nnc1-c1ccc(C#N)cc1. The lowest BCUT2D eigenvalue weighted by Gasteiger charge is -2.14. The van der Waals surface area contributed by atoms with Gasteiger partial charge >= 0.3 is 0 Å². The predicted molar refractivity (Wildman–Crippen MR) is 134 cm³/mol. The van der Waals surface area contributed by atoms with Crippen LogP contribution in [0.4, 0.5) is 0 Å². The van der Waals surface area contributed by atoms with E-state index in [-0.39, 0.29) is 5.56 Å². The second kappa shape index (κ2) is 9.44. The van der Waals surface area contributed by atoms with Crippen LogP contribution in [0, 0.1) is 18.3 Å². The third kappa shape index (κ3) is 4.39. The van der Waals surface area contributed by atoms with E-state index in [2.05, 4.69) is 21.3 Å². The van der Waals surface area contributed by atoms with Gasteiger partial charge in [0.1, 0.15) is 11.4 Å². The number of hydrogen-bond donors (Lipinski definition) is 0. The zero-order valence-corrected chi connectivity index (χ0v) is 19.9. The van der Waals surface area contributed by atoms with Crippen LogP contribution in [-0.4, -0.2) is 31.3 Å². The van der Waals surface area contributed by atoms with E-state index in [0.717, 1.165) is 16.8 Å². The monoisotopic (exact) mass is 480 g/mol. The van der Waals surface area contributed by atoms with Crippen LogP contribution in [0.5, 0.6) is 5.75 Å². The summed E-state index contributed by atoms with van der Waals surface area (Å²) in [7, 11) is 1.62. The number of thioether (sulfide) groups is 1. The Kier molecular flexibility index (Phi) is 6.04. The number of hydrogen-bond acceptors (Lipinski definition) is 7. The van der Waals surface area contributed by atoms with Gasteiger partial charge in [-0.25, -0.2) is 4.98 Å². The molecule has 3 heterocycles. The highest BCUT2D eigenvalue weighted by atomic mass is 32.2. The first kappa shape index (κ1) is 22.4. The van der Waals surface area contributed by atoms with Gasteiger partial charge in [-0.1, -0.05) is 30.0 Å². The molecule has 2 aromatic carbocycles. The Hall–Kier alpha value is -4.42. The fourth-order valence-electron chi connectivity index (χ4n) is 3.75. The van der Waals surface area contributed by atoms with Crippen LogP contribution >= 0.6 is 11.8 Å². The first-order valence-electron chi connectivity index (χ1n) is 10.8. The summed E-state index contributed by atoms with van der Waals surface area (Å²) in [4.78, 5) is 17.3. The first-order valence-corrected chi connectivity index (χ1v) is 11.8. The van der Waals surface area contributed by atoms with Crippen LogP contribution in [-0.2, 0) is 5.75 Å². The van der Waals surface area contributed by atoms with Gasteiger partial charge in [0.2, 0.25) is 0 Å². The molecular weight excluding hydrogens is 460 g/mol. The van der Waals surface area contributed by atoms with Gasteiger partial charge in [-0.05, 0) is 55.0 Å². The largest absolute Gasteiger partial charge is 0.495 e. The van der Waals surface area contributed by atoms with Crippen molar-refractivity contribution in [1.29, 1.82) is 5.26 Å². The number of fused-ring (bicyclic) bond motifs is 1. The summed E-state index contributed by atoms with van der Waals surface area (Å²) in [5, 5.41) is 18.7. The van der Waals surface area contributed by atoms with E-state index in [1.165, 1.54) is 11.8 Å². The number of rotatable bonds is 6. The second-order valence-electron chi connectivity index (χ2n) is 7.81. The van der Waals surface area contributed by atoms with Crippen LogP contribution < -0.4 is 10.3 Å². The average molecular weight is 481 g/mol. The van der Waals surface area contributed by atoms with Crippen LogP contribution in [0.2, 0.25) is 0 Å². The molecule has 0 aliphatic heterocycles. The molecule has 9 heteroatoms. The number of pyridine rings is 1. The number of para-hydroxylation sites is 2. The Morgan fingerprint density at radius 1 is 1.06 bits per heavy atom. The minimum Gasteiger partial charge on any atom is -0.495 e. The summed E-state index contributed by atoms with van der Waals surface area (Å²) >= 11 is 1.43. The van der Waals surface area contributed by atoms with E-state index < -0.39 is 0 Å². The molecule has 0 spiro atoms. The summed E-state index contributed by atoms with van der Waals surface area (Å²) in [5.41, 5.74) is 4.27. The van der Waals surface area contributed by atoms with E-state index in [1.54, 1.807) is 35.9 Å². The summed E-state index contributed by atoms with van der Waals surface area (Å²) < 4.78 is 9.07. The maximum atomic E-state index is 12.6. The quantitative estimate of drug-likeness (QED) is 0.332. The van der Waals surface area contributed by atoms with Crippen molar-refractivity contribution >= 4 is 17.4 Å². The second-order valence-corrected chi connectivity index (χ2v) is 8.75. The Bertz CT molecular complexity index is 1630. The van der Waals surface area contributed by atoms with Crippen molar-refractivity contribution in [2.75, 3.05) is 7.11 Å². The number of ether oxygens (including phenoxy) is 1. The molecule has 0 radical (unpaired) electrons. The number of benzene rings is 2. The topological polar surface area (TPSA) is 98.1 Å². The van der Waals surface area contributed by atoms with E-state index in [1.807, 2.05) is 60.0 Å². The molecule has 0 N–H and O–H groups in total. The van der Waals surface area contributed by atoms with Crippen LogP contribution in [0.25, 0.3) is 22.7 Å². The zero-order valence-electron chi connectivity index (χ0n) is 19.0. The molecular formula is C26H20N6O2S. The van der Waals surface area contributed by atoms with Gasteiger partial charge in [0.15, 0.2) is 11.0 Å². The number of nitriles is 1. The third-order valence-electron chi connectivity index (χ3n) is 5.44. The highest BCUT2D eigenvalue weighted by Crippen LogP contribution is 2.33. The molecule has 0 atom stereocenters. The van der Waals surface area contributed by atoms with Crippen molar-refractivity contribution < 1.29 is 4.74 Å². The standard InChI is InChI=1S/C26H20N6O2S/c1-17-7-12-23-28-20(13-24(33)31(23)15-17)16-35-26-30-29-25(19-10-8-18(14-27)9-11-19)32(26)21-5-3-4-6-22(21)34-2/h3-13,15H,16H2,1-2H3. The lowest BCUT2D eigenvalue weighted by atomic mass is 10.1. The molecule has 0 aliphatic carbocycles. The van der Waals surface area contributed by atoms with Crippen molar-refractivity contribution in [2.24, 2.45) is 0 Å². The van der Waals surface area contributed by atoms with Crippen molar-refractivity contribution in [2.45, 2.75) is 17.8 Å². The molecule has 5 aromatic rings. The van der Waals surface area contributed by atoms with Gasteiger partial charge in [0.05, 0.1) is 30.1 Å². The van der Waals surface area contributed by atoms with Crippen LogP contribution in [0.3, 0.4) is 0 Å². The Labute approximate surface area is 205 Å². The fraction of sp³-hybridized carbons (Fsp3) is 0.115. The summed E-state index contributed by atoms with van der Waals surface area (Å²) in [6, 6.07) is 22.3. The van der Waals surface area contributed by atoms with Crippen LogP contribution in [0.15, 0.2) is 82.9 Å². The number of aromatic nitrogens is 5. The highest BCUT2D eigenvalue weighted by molar-refractivity contribution is 7.98. The molecule has 0 aliphatic rings. The lowest BCUT2D eigenvalue weighted by Crippen LogP contribution is -2.15. The zero-order chi connectivity index (χ0) is 24.4. The van der Waals surface area contributed by atoms with Gasteiger partial charge in [-0.2, -0.15) is 5.26 Å². The van der Waals surface area contributed by atoms with Crippen molar-refractivity contribution in [3.8, 4) is 28.9 Å². The van der Waals surface area contributed by atoms with E-state index >= 15 is 0 Å². The number of methoxy groups -OCH3 is 1. The molecule has 3 aromatic heterocycles. The normalized spacial score (nSPS) is 10.9. The summed E-state index contributed by atoms with van der Waals surface area (Å²) in [6.07, 6.45) is 1.78. The smallest absolute Gasteiger partial charge is 0.258 e. The molecule has 0 amide bonds. The lowest BCUT2D eigenvalue weighted by molar-refractivity contribution is 0.412. The molecule has 172 valence electrons. The minimum absolute atomic E-state index is 0.126. The predicted octanol–water partition coefficient (Wildman–Crippen LogP) is 4.42. The van der Waals surface area contributed by atoms with Gasteiger partial charge in [-0.3, -0.25) is 13.8 Å². The third-order valence-corrected chi connectivity index (χ3v) is 6.40. The molecule has 8 nitrogen and oxygen atoms in total. The van der Waals surface area contributed by atoms with Crippen molar-refractivity contribution in [3.63, 3.8) is 0 Å². The Morgan fingerprint density at radius 3 is 2.63 bits per heavy atom. The average Bonchev–Trinajstić information content (AvgIpc) is 3.31. The van der Waals surface area contributed by atoms with E-state index in [0.29, 0.717) is 39.4 Å². The van der Waals surface area contributed by atoms with Gasteiger partial charge in [-0.15, -0.1) is 10.2 Å². The van der Waals surface area contributed by atoms with Crippen molar-refractivity contribution in [1.82, 2.24) is 24.1 Å². The maximum Gasteiger partial charge on any atom is 0.258 e. The minimum atomic E-state index is -0.126. The molecule has 0 saturated heterocycles. The maximum absolute atomic E-state index is 12.6. The molecule has 0 bridgehead atoms. The van der Waals surface area contributed by atoms with Gasteiger partial charge in [0.25, 0.3) is 5.56 Å². The molecule has 5 rings (SSSR count). The summed E-state index contributed by atoms with van der Waals surface area (Å²) in [5.74, 6) is 1.71. The van der Waals surface area contributed by atoms with E-state index in [4.69, 9.17) is 10.00 Å². The summed E-state index contributed by atoms with van der Waals surface area (Å²) in [6.45, 7) is 1.94. The molecule has 0 unspecified atom stereocenters. The number of aryl methyl sites for hydroxylation is 1. The van der Waals surface area contributed by atoms with Crippen molar-refractivity contribution in [3.05, 3.63) is 100 Å².